The number of para-hydroxylation sites is 1. The summed E-state index contributed by atoms with van der Waals surface area (Å²) in [6, 6.07) is 9.89. The number of amides is 1. The van der Waals surface area contributed by atoms with Crippen LogP contribution in [0.3, 0.4) is 0 Å². The average molecular weight is 313 g/mol. The summed E-state index contributed by atoms with van der Waals surface area (Å²) in [5.41, 5.74) is 0.933. The summed E-state index contributed by atoms with van der Waals surface area (Å²) in [7, 11) is 0. The second-order valence-corrected chi connectivity index (χ2v) is 7.71. The molecule has 0 aliphatic heterocycles. The van der Waals surface area contributed by atoms with Crippen molar-refractivity contribution in [3.8, 4) is 0 Å². The Morgan fingerprint density at radius 2 is 1.78 bits per heavy atom. The summed E-state index contributed by atoms with van der Waals surface area (Å²) in [5.74, 6) is 3.12. The molecule has 1 aromatic carbocycles. The first-order valence-electron chi connectivity index (χ1n) is 9.62. The van der Waals surface area contributed by atoms with E-state index in [2.05, 4.69) is 12.2 Å². The van der Waals surface area contributed by atoms with Crippen molar-refractivity contribution >= 4 is 11.6 Å². The zero-order valence-corrected chi connectivity index (χ0v) is 14.5. The van der Waals surface area contributed by atoms with Crippen LogP contribution in [-0.4, -0.2) is 5.91 Å². The lowest BCUT2D eigenvalue weighted by Gasteiger charge is -2.41. The van der Waals surface area contributed by atoms with Crippen molar-refractivity contribution in [1.29, 1.82) is 0 Å². The molecule has 0 aromatic heterocycles. The van der Waals surface area contributed by atoms with Crippen LogP contribution in [0.4, 0.5) is 5.69 Å². The highest BCUT2D eigenvalue weighted by molar-refractivity contribution is 5.92. The Bertz CT molecular complexity index is 498. The Labute approximate surface area is 141 Å². The van der Waals surface area contributed by atoms with E-state index in [4.69, 9.17) is 0 Å². The normalized spacial score (nSPS) is 30.5. The molecule has 2 aliphatic rings. The van der Waals surface area contributed by atoms with Crippen molar-refractivity contribution in [3.63, 3.8) is 0 Å². The minimum Gasteiger partial charge on any atom is -0.326 e. The summed E-state index contributed by atoms with van der Waals surface area (Å²) in [6.45, 7) is 2.29. The molecule has 2 aliphatic carbocycles. The second kappa shape index (κ2) is 7.99. The van der Waals surface area contributed by atoms with E-state index >= 15 is 0 Å². The number of rotatable bonds is 5. The Hall–Kier alpha value is -1.31. The monoisotopic (exact) mass is 313 g/mol. The first-order valence-corrected chi connectivity index (χ1v) is 9.62. The fourth-order valence-electron chi connectivity index (χ4n) is 4.75. The first kappa shape index (κ1) is 16.5. The smallest absolute Gasteiger partial charge is 0.227 e. The fraction of sp³-hybridized carbons (Fsp3) is 0.667. The lowest BCUT2D eigenvalue weighted by Crippen LogP contribution is -2.35. The van der Waals surface area contributed by atoms with Gasteiger partial charge in [-0.1, -0.05) is 50.8 Å². The third-order valence-corrected chi connectivity index (χ3v) is 6.10. The number of benzene rings is 1. The molecule has 4 atom stereocenters. The molecule has 0 heterocycles. The SMILES string of the molecule is CCCCC1CCC2C[C@H](C(=O)Nc3ccccc3)CC[C@@H]2C1. The largest absolute Gasteiger partial charge is 0.326 e. The highest BCUT2D eigenvalue weighted by Gasteiger charge is 2.37. The predicted octanol–water partition coefficient (Wildman–Crippen LogP) is 5.65. The third kappa shape index (κ3) is 4.37. The molecule has 126 valence electrons. The maximum absolute atomic E-state index is 12.5. The molecule has 2 saturated carbocycles. The quantitative estimate of drug-likeness (QED) is 0.748. The number of hydrogen-bond acceptors (Lipinski definition) is 1. The molecule has 2 unspecified atom stereocenters. The zero-order valence-electron chi connectivity index (χ0n) is 14.5. The van der Waals surface area contributed by atoms with E-state index in [1.807, 2.05) is 30.3 Å². The van der Waals surface area contributed by atoms with Gasteiger partial charge in [-0.05, 0) is 62.0 Å². The van der Waals surface area contributed by atoms with Crippen LogP contribution < -0.4 is 5.32 Å². The molecule has 0 saturated heterocycles. The van der Waals surface area contributed by atoms with Crippen molar-refractivity contribution in [3.05, 3.63) is 30.3 Å². The number of anilines is 1. The van der Waals surface area contributed by atoms with E-state index in [1.165, 1.54) is 44.9 Å². The van der Waals surface area contributed by atoms with Crippen molar-refractivity contribution in [2.24, 2.45) is 23.7 Å². The summed E-state index contributed by atoms with van der Waals surface area (Å²) >= 11 is 0. The Kier molecular flexibility index (Phi) is 5.75. The van der Waals surface area contributed by atoms with Crippen LogP contribution in [0, 0.1) is 23.7 Å². The van der Waals surface area contributed by atoms with Crippen LogP contribution >= 0.6 is 0 Å². The molecule has 2 heteroatoms. The molecule has 3 rings (SSSR count). The second-order valence-electron chi connectivity index (χ2n) is 7.71. The maximum Gasteiger partial charge on any atom is 0.227 e. The number of carbonyl (C=O) groups excluding carboxylic acids is 1. The molecule has 1 N–H and O–H groups in total. The van der Waals surface area contributed by atoms with Crippen LogP contribution in [0.5, 0.6) is 0 Å². The average Bonchev–Trinajstić information content (AvgIpc) is 2.60. The van der Waals surface area contributed by atoms with Crippen LogP contribution in [0.2, 0.25) is 0 Å². The van der Waals surface area contributed by atoms with E-state index in [9.17, 15) is 4.79 Å². The molecule has 23 heavy (non-hydrogen) atoms. The zero-order chi connectivity index (χ0) is 16.1. The van der Waals surface area contributed by atoms with Gasteiger partial charge in [0.2, 0.25) is 5.91 Å². The van der Waals surface area contributed by atoms with Crippen LogP contribution in [0.25, 0.3) is 0 Å². The number of unbranched alkanes of at least 4 members (excludes halogenated alkanes) is 1. The van der Waals surface area contributed by atoms with Gasteiger partial charge in [0, 0.05) is 11.6 Å². The van der Waals surface area contributed by atoms with Crippen molar-refractivity contribution in [1.82, 2.24) is 0 Å². The molecule has 0 spiro atoms. The summed E-state index contributed by atoms with van der Waals surface area (Å²) in [6.07, 6.45) is 11.8. The first-order chi connectivity index (χ1) is 11.3. The molecular formula is C21H31NO. The Balaban J connectivity index is 1.50. The van der Waals surface area contributed by atoms with Crippen molar-refractivity contribution in [2.45, 2.75) is 64.7 Å². The maximum atomic E-state index is 12.5. The van der Waals surface area contributed by atoms with E-state index in [0.29, 0.717) is 0 Å². The van der Waals surface area contributed by atoms with Gasteiger partial charge in [0.1, 0.15) is 0 Å². The molecule has 1 amide bonds. The van der Waals surface area contributed by atoms with Crippen LogP contribution in [0.1, 0.15) is 64.7 Å². The molecule has 0 bridgehead atoms. The molecular weight excluding hydrogens is 282 g/mol. The van der Waals surface area contributed by atoms with Crippen LogP contribution in [-0.2, 0) is 4.79 Å². The Morgan fingerprint density at radius 1 is 1.04 bits per heavy atom. The van der Waals surface area contributed by atoms with Gasteiger partial charge in [-0.25, -0.2) is 0 Å². The summed E-state index contributed by atoms with van der Waals surface area (Å²) in [4.78, 5) is 12.5. The summed E-state index contributed by atoms with van der Waals surface area (Å²) in [5, 5.41) is 3.10. The van der Waals surface area contributed by atoms with E-state index in [0.717, 1.165) is 36.3 Å². The number of fused-ring (bicyclic) bond motifs is 1. The highest BCUT2D eigenvalue weighted by Crippen LogP contribution is 2.45. The lowest BCUT2D eigenvalue weighted by atomic mass is 9.64. The number of hydrogen-bond donors (Lipinski definition) is 1. The van der Waals surface area contributed by atoms with Crippen molar-refractivity contribution < 1.29 is 4.79 Å². The van der Waals surface area contributed by atoms with E-state index < -0.39 is 0 Å². The van der Waals surface area contributed by atoms with Gasteiger partial charge in [-0.2, -0.15) is 0 Å². The van der Waals surface area contributed by atoms with Gasteiger partial charge in [-0.3, -0.25) is 4.79 Å². The van der Waals surface area contributed by atoms with Gasteiger partial charge in [0.15, 0.2) is 0 Å². The van der Waals surface area contributed by atoms with Crippen molar-refractivity contribution in [2.75, 3.05) is 5.32 Å². The number of nitrogens with one attached hydrogen (secondary N) is 1. The van der Waals surface area contributed by atoms with Gasteiger partial charge in [0.25, 0.3) is 0 Å². The third-order valence-electron chi connectivity index (χ3n) is 6.10. The molecule has 0 radical (unpaired) electrons. The van der Waals surface area contributed by atoms with Gasteiger partial charge >= 0.3 is 0 Å². The summed E-state index contributed by atoms with van der Waals surface area (Å²) < 4.78 is 0. The molecule has 2 nitrogen and oxygen atoms in total. The van der Waals surface area contributed by atoms with Gasteiger partial charge in [0.05, 0.1) is 0 Å². The minimum absolute atomic E-state index is 0.226. The number of carbonyl (C=O) groups is 1. The van der Waals surface area contributed by atoms with Gasteiger partial charge in [-0.15, -0.1) is 0 Å². The van der Waals surface area contributed by atoms with E-state index in [1.54, 1.807) is 0 Å². The van der Waals surface area contributed by atoms with Crippen LogP contribution in [0.15, 0.2) is 30.3 Å². The standard InChI is InChI=1S/C21H31NO/c1-2-3-7-16-10-11-18-15-19(13-12-17(18)14-16)21(23)22-20-8-5-4-6-9-20/h4-6,8-9,16-19H,2-3,7,10-15H2,1H3,(H,22,23)/t16?,17-,18?,19-/m1/s1. The van der Waals surface area contributed by atoms with Gasteiger partial charge < -0.3 is 5.32 Å². The Morgan fingerprint density at radius 3 is 2.57 bits per heavy atom. The van der Waals surface area contributed by atoms with E-state index in [-0.39, 0.29) is 11.8 Å². The predicted molar refractivity (Wildman–Crippen MR) is 96.3 cm³/mol. The molecule has 2 fully saturated rings. The topological polar surface area (TPSA) is 29.1 Å². The lowest BCUT2D eigenvalue weighted by molar-refractivity contribution is -0.122. The fourth-order valence-corrected chi connectivity index (χ4v) is 4.75. The highest BCUT2D eigenvalue weighted by atomic mass is 16.1. The minimum atomic E-state index is 0.226. The molecule has 1 aromatic rings.